The summed E-state index contributed by atoms with van der Waals surface area (Å²) in [6.07, 6.45) is 5.84. The van der Waals surface area contributed by atoms with Crippen LogP contribution in [0.2, 0.25) is 0 Å². The number of carbonyl (C=O) groups excluding carboxylic acids is 1. The Morgan fingerprint density at radius 1 is 1.50 bits per heavy atom. The number of piperidine rings is 1. The van der Waals surface area contributed by atoms with E-state index in [1.807, 2.05) is 0 Å². The van der Waals surface area contributed by atoms with E-state index in [1.54, 1.807) is 4.90 Å². The first-order valence-electron chi connectivity index (χ1n) is 6.44. The molecular weight excluding hydrogens is 202 g/mol. The molecule has 0 saturated carbocycles. The number of urea groups is 1. The van der Waals surface area contributed by atoms with Crippen LogP contribution in [0.15, 0.2) is 0 Å². The van der Waals surface area contributed by atoms with E-state index in [0.717, 1.165) is 25.9 Å². The molecule has 16 heavy (non-hydrogen) atoms. The topological polar surface area (TPSA) is 58.4 Å². The van der Waals surface area contributed by atoms with E-state index >= 15 is 0 Å². The van der Waals surface area contributed by atoms with Crippen LogP contribution in [0.25, 0.3) is 0 Å². The second-order valence-corrected chi connectivity index (χ2v) is 4.81. The minimum atomic E-state index is -0.280. The van der Waals surface area contributed by atoms with Gasteiger partial charge in [-0.2, -0.15) is 0 Å². The lowest BCUT2D eigenvalue weighted by atomic mass is 10.0. The van der Waals surface area contributed by atoms with Crippen LogP contribution in [0, 0.1) is 0 Å². The number of nitrogens with one attached hydrogen (secondary N) is 1. The van der Waals surface area contributed by atoms with Gasteiger partial charge in [0, 0.05) is 25.2 Å². The normalized spacial score (nSPS) is 19.8. The Labute approximate surface area is 98.6 Å². The second-order valence-electron chi connectivity index (χ2n) is 4.81. The molecule has 0 aliphatic carbocycles. The van der Waals surface area contributed by atoms with Crippen LogP contribution in [-0.2, 0) is 0 Å². The fourth-order valence-corrected chi connectivity index (χ4v) is 2.26. The van der Waals surface area contributed by atoms with Crippen molar-refractivity contribution in [2.75, 3.05) is 13.1 Å². The van der Waals surface area contributed by atoms with Crippen LogP contribution in [0.1, 0.15) is 46.0 Å². The number of hydrogen-bond donors (Lipinski definition) is 2. The first-order valence-corrected chi connectivity index (χ1v) is 6.44. The van der Waals surface area contributed by atoms with Crippen LogP contribution in [0.3, 0.4) is 0 Å². The number of unbranched alkanes of at least 4 members (excludes halogenated alkanes) is 1. The molecule has 0 bridgehead atoms. The summed E-state index contributed by atoms with van der Waals surface area (Å²) in [6, 6.07) is 0.866. The number of primary amides is 1. The first-order chi connectivity index (χ1) is 7.63. The van der Waals surface area contributed by atoms with E-state index in [1.165, 1.54) is 19.3 Å². The molecule has 0 aromatic carbocycles. The van der Waals surface area contributed by atoms with Crippen molar-refractivity contribution in [1.82, 2.24) is 10.2 Å². The van der Waals surface area contributed by atoms with Gasteiger partial charge in [0.1, 0.15) is 0 Å². The SMILES string of the molecule is CCCCC(C)NC1CCN(C(N)=O)CC1. The first kappa shape index (κ1) is 13.3. The van der Waals surface area contributed by atoms with Gasteiger partial charge < -0.3 is 16.0 Å². The number of carbonyl (C=O) groups is 1. The Hall–Kier alpha value is -0.770. The summed E-state index contributed by atoms with van der Waals surface area (Å²) in [5, 5.41) is 3.63. The smallest absolute Gasteiger partial charge is 0.314 e. The summed E-state index contributed by atoms with van der Waals surface area (Å²) in [5.41, 5.74) is 5.25. The Balaban J connectivity index is 2.18. The van der Waals surface area contributed by atoms with Gasteiger partial charge in [-0.05, 0) is 26.2 Å². The molecule has 1 aliphatic rings. The van der Waals surface area contributed by atoms with Crippen LogP contribution in [-0.4, -0.2) is 36.1 Å². The van der Waals surface area contributed by atoms with E-state index in [-0.39, 0.29) is 6.03 Å². The molecule has 1 saturated heterocycles. The van der Waals surface area contributed by atoms with Gasteiger partial charge in [0.05, 0.1) is 0 Å². The summed E-state index contributed by atoms with van der Waals surface area (Å²) < 4.78 is 0. The molecule has 4 nitrogen and oxygen atoms in total. The monoisotopic (exact) mass is 227 g/mol. The third-order valence-corrected chi connectivity index (χ3v) is 3.32. The molecule has 1 unspecified atom stereocenters. The molecule has 3 N–H and O–H groups in total. The molecule has 4 heteroatoms. The summed E-state index contributed by atoms with van der Waals surface area (Å²) >= 11 is 0. The van der Waals surface area contributed by atoms with E-state index in [2.05, 4.69) is 19.2 Å². The largest absolute Gasteiger partial charge is 0.351 e. The van der Waals surface area contributed by atoms with Crippen molar-refractivity contribution >= 4 is 6.03 Å². The van der Waals surface area contributed by atoms with E-state index in [0.29, 0.717) is 12.1 Å². The van der Waals surface area contributed by atoms with Crippen molar-refractivity contribution in [2.24, 2.45) is 5.73 Å². The van der Waals surface area contributed by atoms with Gasteiger partial charge in [-0.15, -0.1) is 0 Å². The van der Waals surface area contributed by atoms with Gasteiger partial charge >= 0.3 is 6.03 Å². The number of rotatable bonds is 5. The van der Waals surface area contributed by atoms with Gasteiger partial charge in [-0.3, -0.25) is 0 Å². The third-order valence-electron chi connectivity index (χ3n) is 3.32. The minimum absolute atomic E-state index is 0.280. The fourth-order valence-electron chi connectivity index (χ4n) is 2.26. The van der Waals surface area contributed by atoms with Crippen LogP contribution in [0.5, 0.6) is 0 Å². The number of likely N-dealkylation sites (tertiary alicyclic amines) is 1. The van der Waals surface area contributed by atoms with Gasteiger partial charge in [-0.1, -0.05) is 19.8 Å². The predicted octanol–water partition coefficient (Wildman–Crippen LogP) is 1.70. The van der Waals surface area contributed by atoms with Gasteiger partial charge in [0.15, 0.2) is 0 Å². The number of hydrogen-bond acceptors (Lipinski definition) is 2. The standard InChI is InChI=1S/C12H25N3O/c1-3-4-5-10(2)14-11-6-8-15(9-7-11)12(13)16/h10-11,14H,3-9H2,1-2H3,(H2,13,16). The zero-order valence-corrected chi connectivity index (χ0v) is 10.5. The van der Waals surface area contributed by atoms with Crippen molar-refractivity contribution in [3.05, 3.63) is 0 Å². The van der Waals surface area contributed by atoms with E-state index in [4.69, 9.17) is 5.73 Å². The second kappa shape index (κ2) is 6.74. The lowest BCUT2D eigenvalue weighted by Gasteiger charge is -2.33. The van der Waals surface area contributed by atoms with Crippen LogP contribution in [0.4, 0.5) is 4.79 Å². The Bertz CT molecular complexity index is 212. The Morgan fingerprint density at radius 2 is 2.12 bits per heavy atom. The number of nitrogens with zero attached hydrogens (tertiary/aromatic N) is 1. The van der Waals surface area contributed by atoms with Crippen molar-refractivity contribution in [3.8, 4) is 0 Å². The lowest BCUT2D eigenvalue weighted by Crippen LogP contribution is -2.48. The maximum atomic E-state index is 11.0. The van der Waals surface area contributed by atoms with Crippen molar-refractivity contribution < 1.29 is 4.79 Å². The fraction of sp³-hybridized carbons (Fsp3) is 0.917. The highest BCUT2D eigenvalue weighted by Crippen LogP contribution is 2.11. The summed E-state index contributed by atoms with van der Waals surface area (Å²) in [4.78, 5) is 12.7. The molecule has 0 radical (unpaired) electrons. The summed E-state index contributed by atoms with van der Waals surface area (Å²) in [5.74, 6) is 0. The molecule has 0 aromatic rings. The highest BCUT2D eigenvalue weighted by molar-refractivity contribution is 5.72. The molecule has 0 spiro atoms. The lowest BCUT2D eigenvalue weighted by molar-refractivity contribution is 0.182. The molecule has 94 valence electrons. The number of amides is 2. The van der Waals surface area contributed by atoms with Gasteiger partial charge in [0.25, 0.3) is 0 Å². The maximum Gasteiger partial charge on any atom is 0.314 e. The molecule has 0 aromatic heterocycles. The van der Waals surface area contributed by atoms with Crippen LogP contribution >= 0.6 is 0 Å². The average molecular weight is 227 g/mol. The Morgan fingerprint density at radius 3 is 2.62 bits per heavy atom. The quantitative estimate of drug-likeness (QED) is 0.751. The molecule has 2 amide bonds. The predicted molar refractivity (Wildman–Crippen MR) is 66.3 cm³/mol. The van der Waals surface area contributed by atoms with Crippen molar-refractivity contribution in [2.45, 2.75) is 58.0 Å². The summed E-state index contributed by atoms with van der Waals surface area (Å²) in [7, 11) is 0. The maximum absolute atomic E-state index is 11.0. The van der Waals surface area contributed by atoms with Crippen LogP contribution < -0.4 is 11.1 Å². The van der Waals surface area contributed by atoms with E-state index in [9.17, 15) is 4.79 Å². The molecule has 1 aliphatic heterocycles. The summed E-state index contributed by atoms with van der Waals surface area (Å²) in [6.45, 7) is 6.06. The molecule has 1 atom stereocenters. The molecule has 1 rings (SSSR count). The highest BCUT2D eigenvalue weighted by atomic mass is 16.2. The molecule has 1 fully saturated rings. The minimum Gasteiger partial charge on any atom is -0.351 e. The third kappa shape index (κ3) is 4.39. The molecule has 1 heterocycles. The highest BCUT2D eigenvalue weighted by Gasteiger charge is 2.21. The van der Waals surface area contributed by atoms with Crippen molar-refractivity contribution in [3.63, 3.8) is 0 Å². The zero-order chi connectivity index (χ0) is 12.0. The van der Waals surface area contributed by atoms with Gasteiger partial charge in [0.2, 0.25) is 0 Å². The number of nitrogens with two attached hydrogens (primary N) is 1. The van der Waals surface area contributed by atoms with E-state index < -0.39 is 0 Å². The zero-order valence-electron chi connectivity index (χ0n) is 10.5. The molecular formula is C12H25N3O. The average Bonchev–Trinajstić information content (AvgIpc) is 2.27. The van der Waals surface area contributed by atoms with Crippen molar-refractivity contribution in [1.29, 1.82) is 0 Å². The van der Waals surface area contributed by atoms with Gasteiger partial charge in [-0.25, -0.2) is 4.79 Å². The Kier molecular flexibility index (Phi) is 5.60.